The Labute approximate surface area is 97.7 Å². The van der Waals surface area contributed by atoms with Crippen LogP contribution in [0.5, 0.6) is 0 Å². The predicted octanol–water partition coefficient (Wildman–Crippen LogP) is 0.0554. The van der Waals surface area contributed by atoms with Gasteiger partial charge in [0.1, 0.15) is 14.3 Å². The molecule has 16 heavy (non-hydrogen) atoms. The minimum Gasteiger partial charge on any atom is -0.800 e. The molecule has 0 spiro atoms. The second-order valence-electron chi connectivity index (χ2n) is 2.65. The van der Waals surface area contributed by atoms with Crippen LogP contribution in [0.15, 0.2) is 0 Å². The summed E-state index contributed by atoms with van der Waals surface area (Å²) >= 11 is 0. The maximum Gasteiger partial charge on any atom is 0.305 e. The van der Waals surface area contributed by atoms with Crippen LogP contribution in [0.3, 0.4) is 0 Å². The van der Waals surface area contributed by atoms with E-state index < -0.39 is 23.0 Å². The lowest BCUT2D eigenvalue weighted by Gasteiger charge is -2.12. The van der Waals surface area contributed by atoms with Gasteiger partial charge >= 0.3 is 8.03 Å². The lowest BCUT2D eigenvalue weighted by Crippen LogP contribution is -1.98. The fraction of sp³-hybridized carbons (Fsp3) is 1.00. The summed E-state index contributed by atoms with van der Waals surface area (Å²) in [5, 5.41) is 0. The van der Waals surface area contributed by atoms with Crippen molar-refractivity contribution in [2.45, 2.75) is 7.43 Å². The quantitative estimate of drug-likeness (QED) is 0.625. The maximum atomic E-state index is 9.81. The summed E-state index contributed by atoms with van der Waals surface area (Å²) in [7, 11) is -7.27. The molecule has 0 rings (SSSR count). The minimum absolute atomic E-state index is 0. The smallest absolute Gasteiger partial charge is 0.305 e. The van der Waals surface area contributed by atoms with Crippen molar-refractivity contribution in [1.82, 2.24) is 0 Å². The van der Waals surface area contributed by atoms with Crippen molar-refractivity contribution in [3.8, 4) is 0 Å². The summed E-state index contributed by atoms with van der Waals surface area (Å²) in [5.41, 5.74) is 0. The molecule has 0 amide bonds. The molecule has 0 N–H and O–H groups in total. The van der Waals surface area contributed by atoms with E-state index in [1.807, 2.05) is 0 Å². The van der Waals surface area contributed by atoms with E-state index in [9.17, 15) is 18.9 Å². The average molecular weight is 296 g/mol. The van der Waals surface area contributed by atoms with Crippen LogP contribution in [0.1, 0.15) is 7.43 Å². The largest absolute Gasteiger partial charge is 0.800 e. The van der Waals surface area contributed by atoms with Crippen molar-refractivity contribution in [3.63, 3.8) is 0 Å². The summed E-state index contributed by atoms with van der Waals surface area (Å²) in [6.07, 6.45) is 0. The summed E-state index contributed by atoms with van der Waals surface area (Å²) in [5.74, 6) is 0. The van der Waals surface area contributed by atoms with E-state index in [4.69, 9.17) is 9.46 Å². The monoisotopic (exact) mass is 296 g/mol. The fourth-order valence-corrected chi connectivity index (χ4v) is 0. The summed E-state index contributed by atoms with van der Waals surface area (Å²) in [4.78, 5) is 28.5. The van der Waals surface area contributed by atoms with Gasteiger partial charge in [0.15, 0.2) is 0 Å². The molecule has 0 aromatic heterocycles. The highest BCUT2D eigenvalue weighted by Crippen LogP contribution is 2.28. The highest BCUT2D eigenvalue weighted by molar-refractivity contribution is 7.54. The van der Waals surface area contributed by atoms with Crippen LogP contribution < -0.4 is 14.7 Å². The average Bonchev–Trinajstić information content (AvgIpc) is 1.80. The first-order valence-corrected chi connectivity index (χ1v) is 9.61. The first kappa shape index (κ1) is 25.3. The molecule has 0 heterocycles. The zero-order valence-corrected chi connectivity index (χ0v) is 11.9. The Morgan fingerprint density at radius 2 is 1.19 bits per heavy atom. The Hall–Kier alpha value is 0.400. The van der Waals surface area contributed by atoms with E-state index in [1.54, 1.807) is 0 Å². The van der Waals surface area contributed by atoms with Gasteiger partial charge in [0.05, 0.1) is 0 Å². The number of hydrogen-bond acceptors (Lipinski definition) is 7. The topological polar surface area (TPSA) is 130 Å². The molecular weight excluding hydrogens is 277 g/mol. The lowest BCUT2D eigenvalue weighted by molar-refractivity contribution is -0.194. The van der Waals surface area contributed by atoms with Gasteiger partial charge in [-0.25, -0.2) is 0 Å². The van der Waals surface area contributed by atoms with Gasteiger partial charge < -0.3 is 28.3 Å². The van der Waals surface area contributed by atoms with Gasteiger partial charge in [0.25, 0.3) is 0 Å². The molecule has 7 nitrogen and oxygen atoms in total. The molecule has 0 aliphatic heterocycles. The van der Waals surface area contributed by atoms with Crippen LogP contribution in [0.4, 0.5) is 0 Å². The number of rotatable bonds is 1. The standard InChI is InChI=1S/C2H7O3P.C2H7O2P.CH3O2P.CH4/c1-5-6(2,3)4;1-5(2,3)4;1-4(2)3;/h1-2H3,(H,3,4);1-2H3,(H,3,4);1H3;1H4/p-2. The van der Waals surface area contributed by atoms with Crippen molar-refractivity contribution in [3.05, 3.63) is 0 Å². The van der Waals surface area contributed by atoms with E-state index in [0.29, 0.717) is 0 Å². The molecule has 0 aromatic rings. The molecular formula is C6H19O7P3-2. The first-order valence-electron chi connectivity index (χ1n) is 3.48. The summed E-state index contributed by atoms with van der Waals surface area (Å²) < 4.78 is 32.4. The normalized spacial score (nSPS) is 13.9. The van der Waals surface area contributed by atoms with Crippen LogP contribution in [0.2, 0.25) is 0 Å². The van der Waals surface area contributed by atoms with Gasteiger partial charge in [-0.3, -0.25) is 0 Å². The van der Waals surface area contributed by atoms with Crippen molar-refractivity contribution in [2.24, 2.45) is 0 Å². The predicted molar refractivity (Wildman–Crippen MR) is 60.3 cm³/mol. The second kappa shape index (κ2) is 11.9. The minimum atomic E-state index is -3.40. The molecule has 2 atom stereocenters. The molecule has 0 aliphatic carbocycles. The summed E-state index contributed by atoms with van der Waals surface area (Å²) in [6, 6.07) is 0. The van der Waals surface area contributed by atoms with Crippen molar-refractivity contribution >= 4 is 23.0 Å². The van der Waals surface area contributed by atoms with Gasteiger partial charge in [0, 0.05) is 21.1 Å². The Morgan fingerprint density at radius 3 is 1.19 bits per heavy atom. The Kier molecular flexibility index (Phi) is 18.8. The molecule has 0 saturated carbocycles. The zero-order valence-electron chi connectivity index (χ0n) is 9.20. The van der Waals surface area contributed by atoms with Crippen LogP contribution in [0, 0.1) is 0 Å². The van der Waals surface area contributed by atoms with Gasteiger partial charge in [-0.15, -0.1) is 0 Å². The summed E-state index contributed by atoms with van der Waals surface area (Å²) in [6.45, 7) is 4.52. The highest BCUT2D eigenvalue weighted by atomic mass is 31.2. The van der Waals surface area contributed by atoms with E-state index in [0.717, 1.165) is 20.4 Å². The van der Waals surface area contributed by atoms with Crippen molar-refractivity contribution in [2.75, 3.05) is 33.8 Å². The van der Waals surface area contributed by atoms with Crippen LogP contribution in [-0.4, -0.2) is 33.8 Å². The SMILES string of the molecule is C.COP(C)(=O)[O-].CP(C)(=O)[O-].C[P+](=O)[O-]. The van der Waals surface area contributed by atoms with E-state index in [2.05, 4.69) is 4.52 Å². The van der Waals surface area contributed by atoms with E-state index >= 15 is 0 Å². The molecule has 0 radical (unpaired) electrons. The van der Waals surface area contributed by atoms with Gasteiger partial charge in [-0.05, 0) is 13.3 Å². The number of hydrogen-bond donors (Lipinski definition) is 0. The zero-order chi connectivity index (χ0) is 13.3. The van der Waals surface area contributed by atoms with Crippen molar-refractivity contribution in [1.29, 1.82) is 0 Å². The molecule has 0 aliphatic rings. The van der Waals surface area contributed by atoms with Crippen molar-refractivity contribution < 1.29 is 32.9 Å². The van der Waals surface area contributed by atoms with E-state index in [-0.39, 0.29) is 7.43 Å². The van der Waals surface area contributed by atoms with E-state index in [1.165, 1.54) is 13.3 Å². The van der Waals surface area contributed by atoms with Crippen LogP contribution in [0.25, 0.3) is 0 Å². The van der Waals surface area contributed by atoms with Crippen LogP contribution >= 0.6 is 23.0 Å². The highest BCUT2D eigenvalue weighted by Gasteiger charge is 1.87. The molecule has 102 valence electrons. The molecule has 0 saturated heterocycles. The third kappa shape index (κ3) is 224. The Bertz CT molecular complexity index is 241. The van der Waals surface area contributed by atoms with Crippen LogP contribution in [-0.2, 0) is 18.2 Å². The molecule has 0 fully saturated rings. The second-order valence-corrected chi connectivity index (χ2v) is 7.94. The molecule has 2 unspecified atom stereocenters. The van der Waals surface area contributed by atoms with Gasteiger partial charge in [-0.1, -0.05) is 12.0 Å². The molecule has 10 heteroatoms. The molecule has 0 aromatic carbocycles. The van der Waals surface area contributed by atoms with Gasteiger partial charge in [-0.2, -0.15) is 0 Å². The first-order chi connectivity index (χ1) is 6.29. The third-order valence-corrected chi connectivity index (χ3v) is 0.995. The lowest BCUT2D eigenvalue weighted by atomic mass is 11.8. The third-order valence-electron chi connectivity index (χ3n) is 0.332. The van der Waals surface area contributed by atoms with Gasteiger partial charge in [0.2, 0.25) is 0 Å². The Balaban J connectivity index is -0.0000000668. The maximum absolute atomic E-state index is 9.81. The fourth-order valence-electron chi connectivity index (χ4n) is 0. The Morgan fingerprint density at radius 1 is 1.12 bits per heavy atom. The molecule has 0 bridgehead atoms.